The van der Waals surface area contributed by atoms with Crippen molar-refractivity contribution < 1.29 is 26.8 Å². The molecule has 0 unspecified atom stereocenters. The molecule has 12 heteroatoms. The van der Waals surface area contributed by atoms with E-state index in [1.54, 1.807) is 31.4 Å². The van der Waals surface area contributed by atoms with Gasteiger partial charge in [0.1, 0.15) is 22.9 Å². The predicted molar refractivity (Wildman–Crippen MR) is 114 cm³/mol. The van der Waals surface area contributed by atoms with Gasteiger partial charge in [-0.1, -0.05) is 23.4 Å². The molecular formula is C22H16F4N4O4. The molecule has 34 heavy (non-hydrogen) atoms. The highest BCUT2D eigenvalue weighted by molar-refractivity contribution is 5.74. The van der Waals surface area contributed by atoms with Gasteiger partial charge in [0, 0.05) is 13.1 Å². The fourth-order valence-corrected chi connectivity index (χ4v) is 3.15. The van der Waals surface area contributed by atoms with Gasteiger partial charge in [0.25, 0.3) is 10.9 Å². The first-order valence-corrected chi connectivity index (χ1v) is 9.81. The molecule has 0 bridgehead atoms. The number of alkyl halides is 3. The van der Waals surface area contributed by atoms with Gasteiger partial charge in [-0.05, 0) is 35.4 Å². The number of aromatic nitrogens is 2. The van der Waals surface area contributed by atoms with E-state index in [0.29, 0.717) is 11.3 Å². The van der Waals surface area contributed by atoms with E-state index in [9.17, 15) is 27.2 Å². The Morgan fingerprint density at radius 1 is 0.941 bits per heavy atom. The normalized spacial score (nSPS) is 11.6. The molecule has 8 nitrogen and oxygen atoms in total. The Labute approximate surface area is 188 Å². The maximum Gasteiger partial charge on any atom is 0.471 e. The fraction of sp³-hybridized carbons (Fsp3) is 0.182. The van der Waals surface area contributed by atoms with E-state index < -0.39 is 34.6 Å². The van der Waals surface area contributed by atoms with Crippen molar-refractivity contribution in [1.82, 2.24) is 10.1 Å². The minimum atomic E-state index is -4.84. The molecule has 176 valence electrons. The second-order valence-corrected chi connectivity index (χ2v) is 7.20. The van der Waals surface area contributed by atoms with E-state index in [4.69, 9.17) is 4.74 Å². The summed E-state index contributed by atoms with van der Waals surface area (Å²) in [6.45, 7) is 0.275. The first-order valence-electron chi connectivity index (χ1n) is 9.81. The van der Waals surface area contributed by atoms with Gasteiger partial charge in [-0.2, -0.15) is 18.2 Å². The van der Waals surface area contributed by atoms with Crippen molar-refractivity contribution in [2.75, 3.05) is 17.7 Å². The Kier molecular flexibility index (Phi) is 6.05. The van der Waals surface area contributed by atoms with Crippen LogP contribution in [0.1, 0.15) is 17.0 Å². The van der Waals surface area contributed by atoms with Crippen molar-refractivity contribution in [1.29, 1.82) is 0 Å². The van der Waals surface area contributed by atoms with Crippen molar-refractivity contribution in [3.05, 3.63) is 85.7 Å². The van der Waals surface area contributed by atoms with Crippen LogP contribution >= 0.6 is 0 Å². The highest BCUT2D eigenvalue weighted by atomic mass is 19.4. The summed E-state index contributed by atoms with van der Waals surface area (Å²) < 4.78 is 61.5. The zero-order valence-electron chi connectivity index (χ0n) is 17.5. The molecule has 0 radical (unpaired) electrons. The molecule has 0 spiro atoms. The number of benzene rings is 2. The Morgan fingerprint density at radius 3 is 2.06 bits per heavy atom. The molecule has 0 fully saturated rings. The van der Waals surface area contributed by atoms with Crippen LogP contribution in [0.3, 0.4) is 0 Å². The summed E-state index contributed by atoms with van der Waals surface area (Å²) in [4.78, 5) is 27.1. The highest BCUT2D eigenvalue weighted by Crippen LogP contribution is 2.30. The third-order valence-corrected chi connectivity index (χ3v) is 4.95. The van der Waals surface area contributed by atoms with Crippen molar-refractivity contribution >= 4 is 11.4 Å². The van der Waals surface area contributed by atoms with Gasteiger partial charge < -0.3 is 19.9 Å². The van der Waals surface area contributed by atoms with E-state index in [1.807, 2.05) is 0 Å². The third-order valence-electron chi connectivity index (χ3n) is 4.95. The van der Waals surface area contributed by atoms with Crippen molar-refractivity contribution in [2.24, 2.45) is 0 Å². The van der Waals surface area contributed by atoms with Gasteiger partial charge in [-0.25, -0.2) is 4.39 Å². The monoisotopic (exact) mass is 476 g/mol. The second kappa shape index (κ2) is 8.96. The van der Waals surface area contributed by atoms with Crippen LogP contribution in [-0.4, -0.2) is 17.3 Å². The second-order valence-electron chi connectivity index (χ2n) is 7.20. The average molecular weight is 476 g/mol. The fourth-order valence-electron chi connectivity index (χ4n) is 3.15. The average Bonchev–Trinajstić information content (AvgIpc) is 3.31. The van der Waals surface area contributed by atoms with Crippen molar-refractivity contribution in [3.63, 3.8) is 0 Å². The van der Waals surface area contributed by atoms with Crippen LogP contribution in [0, 0.1) is 5.82 Å². The van der Waals surface area contributed by atoms with E-state index >= 15 is 0 Å². The van der Waals surface area contributed by atoms with E-state index in [2.05, 4.69) is 25.3 Å². The quantitative estimate of drug-likeness (QED) is 0.293. The minimum absolute atomic E-state index is 0.0146. The summed E-state index contributed by atoms with van der Waals surface area (Å²) in [6, 6.07) is 10.8. The number of halogens is 4. The lowest BCUT2D eigenvalue weighted by molar-refractivity contribution is -0.159. The molecule has 0 aliphatic carbocycles. The molecule has 3 aromatic carbocycles. The van der Waals surface area contributed by atoms with E-state index in [1.165, 1.54) is 12.1 Å². The summed E-state index contributed by atoms with van der Waals surface area (Å²) in [7, 11) is 1.54. The number of nitrogens with zero attached hydrogens (tertiary/aromatic N) is 2. The third kappa shape index (κ3) is 4.60. The Bertz CT molecular complexity index is 1390. The van der Waals surface area contributed by atoms with Gasteiger partial charge in [0.2, 0.25) is 5.82 Å². The lowest BCUT2D eigenvalue weighted by Crippen LogP contribution is -2.37. The molecule has 4 aromatic rings. The molecule has 0 amide bonds. The van der Waals surface area contributed by atoms with Crippen LogP contribution in [0.2, 0.25) is 0 Å². The summed E-state index contributed by atoms with van der Waals surface area (Å²) in [6.07, 6.45) is -4.84. The summed E-state index contributed by atoms with van der Waals surface area (Å²) in [5, 5.41) is 8.86. The number of nitrogens with one attached hydrogen (secondary N) is 2. The Morgan fingerprint density at radius 2 is 1.53 bits per heavy atom. The summed E-state index contributed by atoms with van der Waals surface area (Å²) >= 11 is 0. The number of ether oxygens (including phenoxy) is 1. The lowest BCUT2D eigenvalue weighted by atomic mass is 10.1. The predicted octanol–water partition coefficient (Wildman–Crippen LogP) is 3.72. The molecule has 1 aromatic heterocycles. The zero-order valence-corrected chi connectivity index (χ0v) is 17.5. The van der Waals surface area contributed by atoms with Crippen LogP contribution in [0.5, 0.6) is 5.75 Å². The number of anilines is 2. The first kappa shape index (κ1) is 23.0. The molecule has 0 aliphatic rings. The molecular weight excluding hydrogens is 460 g/mol. The molecule has 0 atom stereocenters. The number of hydrogen-bond acceptors (Lipinski definition) is 8. The van der Waals surface area contributed by atoms with E-state index in [0.717, 1.165) is 11.6 Å². The van der Waals surface area contributed by atoms with Crippen LogP contribution in [0.25, 0.3) is 11.4 Å². The molecule has 2 N–H and O–H groups in total. The molecule has 1 heterocycles. The largest absolute Gasteiger partial charge is 0.497 e. The Hall–Kier alpha value is -4.22. The molecule has 0 saturated heterocycles. The van der Waals surface area contributed by atoms with Crippen LogP contribution < -0.4 is 26.2 Å². The topological polar surface area (TPSA) is 106 Å². The van der Waals surface area contributed by atoms with Crippen LogP contribution in [-0.2, 0) is 19.3 Å². The maximum absolute atomic E-state index is 14.5. The molecule has 0 saturated carbocycles. The summed E-state index contributed by atoms with van der Waals surface area (Å²) in [5.74, 6) is -2.32. The summed E-state index contributed by atoms with van der Waals surface area (Å²) in [5.41, 5.74) is -0.252. The SMILES string of the molecule is COc1ccc(CNc2c(NCc3ccc(-c4noc(C(F)(F)F)n4)c(F)c3)c(=O)c2=O)cc1. The first-order chi connectivity index (χ1) is 16.2. The van der Waals surface area contributed by atoms with Crippen molar-refractivity contribution in [2.45, 2.75) is 19.3 Å². The van der Waals surface area contributed by atoms with Gasteiger partial charge in [0.15, 0.2) is 0 Å². The number of rotatable bonds is 8. The van der Waals surface area contributed by atoms with Crippen LogP contribution in [0.15, 0.2) is 56.6 Å². The number of methoxy groups -OCH3 is 1. The standard InChI is InChI=1S/C22H16F4N4O4/c1-33-13-5-2-11(3-6-13)9-27-16-17(19(32)18(16)31)28-10-12-4-7-14(15(23)8-12)20-29-21(34-30-20)22(24,25)26/h2-8,27-28H,9-10H2,1H3. The van der Waals surface area contributed by atoms with Gasteiger partial charge in [-0.15, -0.1) is 0 Å². The highest BCUT2D eigenvalue weighted by Gasteiger charge is 2.38. The number of hydrogen-bond donors (Lipinski definition) is 2. The van der Waals surface area contributed by atoms with Gasteiger partial charge >= 0.3 is 12.1 Å². The van der Waals surface area contributed by atoms with Gasteiger partial charge in [0.05, 0.1) is 12.7 Å². The lowest BCUT2D eigenvalue weighted by Gasteiger charge is -2.15. The molecule has 4 rings (SSSR count). The van der Waals surface area contributed by atoms with Crippen molar-refractivity contribution in [3.8, 4) is 17.1 Å². The Balaban J connectivity index is 1.42. The minimum Gasteiger partial charge on any atom is -0.497 e. The zero-order chi connectivity index (χ0) is 24.5. The van der Waals surface area contributed by atoms with Crippen LogP contribution in [0.4, 0.5) is 28.9 Å². The molecule has 0 aliphatic heterocycles. The van der Waals surface area contributed by atoms with Gasteiger partial charge in [-0.3, -0.25) is 9.59 Å². The smallest absolute Gasteiger partial charge is 0.471 e. The maximum atomic E-state index is 14.5. The van der Waals surface area contributed by atoms with E-state index in [-0.39, 0.29) is 30.0 Å².